The highest BCUT2D eigenvalue weighted by Crippen LogP contribution is 2.26. The van der Waals surface area contributed by atoms with Crippen molar-refractivity contribution < 1.29 is 14.6 Å². The summed E-state index contributed by atoms with van der Waals surface area (Å²) in [6, 6.07) is 7.76. The van der Waals surface area contributed by atoms with Crippen LogP contribution in [0.5, 0.6) is 5.75 Å². The second-order valence-corrected chi connectivity index (χ2v) is 4.41. The Hall–Kier alpha value is -1.55. The van der Waals surface area contributed by atoms with Crippen molar-refractivity contribution in [3.63, 3.8) is 0 Å². The van der Waals surface area contributed by atoms with E-state index in [9.17, 15) is 4.79 Å². The molecule has 17 heavy (non-hydrogen) atoms. The summed E-state index contributed by atoms with van der Waals surface area (Å²) in [4.78, 5) is 11.8. The van der Waals surface area contributed by atoms with E-state index in [2.05, 4.69) is 5.32 Å². The molecule has 4 nitrogen and oxygen atoms in total. The maximum Gasteiger partial charge on any atom is 0.226 e. The summed E-state index contributed by atoms with van der Waals surface area (Å²) in [5.74, 6) is 0.649. The second-order valence-electron chi connectivity index (χ2n) is 4.41. The highest BCUT2D eigenvalue weighted by Gasteiger charge is 2.25. The predicted molar refractivity (Wildman–Crippen MR) is 63.8 cm³/mol. The number of carbonyl (C=O) groups is 1. The summed E-state index contributed by atoms with van der Waals surface area (Å²) >= 11 is 0. The van der Waals surface area contributed by atoms with Gasteiger partial charge < -0.3 is 15.2 Å². The van der Waals surface area contributed by atoms with Crippen molar-refractivity contribution in [1.82, 2.24) is 5.32 Å². The summed E-state index contributed by atoms with van der Waals surface area (Å²) < 4.78 is 5.54. The molecule has 1 aliphatic heterocycles. The quantitative estimate of drug-likeness (QED) is 0.812. The maximum atomic E-state index is 11.8. The molecule has 2 N–H and O–H groups in total. The van der Waals surface area contributed by atoms with E-state index in [0.717, 1.165) is 11.3 Å². The number of rotatable bonds is 3. The first kappa shape index (κ1) is 11.9. The van der Waals surface area contributed by atoms with Gasteiger partial charge in [-0.1, -0.05) is 18.2 Å². The summed E-state index contributed by atoms with van der Waals surface area (Å²) in [5.41, 5.74) is 1.07. The van der Waals surface area contributed by atoms with Crippen LogP contribution in [0.4, 0.5) is 0 Å². The molecule has 2 atom stereocenters. The lowest BCUT2D eigenvalue weighted by Crippen LogP contribution is -2.40. The lowest BCUT2D eigenvalue weighted by atomic mass is 9.96. The largest absolute Gasteiger partial charge is 0.492 e. The average Bonchev–Trinajstić information content (AvgIpc) is 2.35. The number of nitrogens with one attached hydrogen (secondary N) is 1. The number of aliphatic hydroxyl groups excluding tert-OH is 1. The van der Waals surface area contributed by atoms with Gasteiger partial charge in [-0.05, 0) is 25.0 Å². The van der Waals surface area contributed by atoms with E-state index in [1.165, 1.54) is 0 Å². The van der Waals surface area contributed by atoms with Crippen LogP contribution in [0.1, 0.15) is 12.5 Å². The number of para-hydroxylation sites is 1. The van der Waals surface area contributed by atoms with Gasteiger partial charge in [0.05, 0.1) is 12.0 Å². The Bertz CT molecular complexity index is 403. The lowest BCUT2D eigenvalue weighted by Gasteiger charge is -2.24. The molecule has 0 radical (unpaired) electrons. The van der Waals surface area contributed by atoms with Crippen LogP contribution in [0.25, 0.3) is 0 Å². The number of benzene rings is 1. The number of ether oxygens (including phenoxy) is 1. The van der Waals surface area contributed by atoms with Crippen LogP contribution >= 0.6 is 0 Å². The van der Waals surface area contributed by atoms with Crippen molar-refractivity contribution in [3.8, 4) is 5.75 Å². The van der Waals surface area contributed by atoms with Crippen LogP contribution in [0.2, 0.25) is 0 Å². The number of fused-ring (bicyclic) bond motifs is 1. The standard InChI is InChI=1S/C13H17NO3/c1-9(15)7-14-13(16)11-6-10-4-2-3-5-12(10)17-8-11/h2-5,9,11,15H,6-8H2,1H3,(H,14,16)/t9-,11?/m0/s1. The molecule has 1 aliphatic rings. The van der Waals surface area contributed by atoms with Gasteiger partial charge in [-0.3, -0.25) is 4.79 Å². The number of carbonyl (C=O) groups excluding carboxylic acids is 1. The fourth-order valence-electron chi connectivity index (χ4n) is 1.89. The minimum atomic E-state index is -0.518. The molecule has 1 aromatic rings. The van der Waals surface area contributed by atoms with Gasteiger partial charge in [-0.25, -0.2) is 0 Å². The first-order chi connectivity index (χ1) is 8.16. The summed E-state index contributed by atoms with van der Waals surface area (Å²) in [5, 5.41) is 11.8. The summed E-state index contributed by atoms with van der Waals surface area (Å²) in [6.45, 7) is 2.34. The minimum absolute atomic E-state index is 0.0552. The van der Waals surface area contributed by atoms with E-state index in [1.54, 1.807) is 6.92 Å². The van der Waals surface area contributed by atoms with Crippen LogP contribution in [-0.2, 0) is 11.2 Å². The second kappa shape index (κ2) is 5.19. The predicted octanol–water partition coefficient (Wildman–Crippen LogP) is 0.735. The zero-order valence-corrected chi connectivity index (χ0v) is 9.85. The summed E-state index contributed by atoms with van der Waals surface area (Å²) in [6.07, 6.45) is 0.178. The molecule has 0 saturated carbocycles. The smallest absolute Gasteiger partial charge is 0.226 e. The Morgan fingerprint density at radius 3 is 3.12 bits per heavy atom. The molecule has 0 saturated heterocycles. The number of hydrogen-bond acceptors (Lipinski definition) is 3. The molecule has 2 rings (SSSR count). The molecule has 1 amide bonds. The third-order valence-corrected chi connectivity index (χ3v) is 2.82. The van der Waals surface area contributed by atoms with E-state index < -0.39 is 6.10 Å². The SMILES string of the molecule is C[C@H](O)CNC(=O)C1COc2ccccc2C1. The van der Waals surface area contributed by atoms with Crippen molar-refractivity contribution in [3.05, 3.63) is 29.8 Å². The van der Waals surface area contributed by atoms with Gasteiger partial charge in [-0.15, -0.1) is 0 Å². The molecule has 1 heterocycles. The van der Waals surface area contributed by atoms with E-state index >= 15 is 0 Å². The van der Waals surface area contributed by atoms with Crippen molar-refractivity contribution in [2.45, 2.75) is 19.4 Å². The topological polar surface area (TPSA) is 58.6 Å². The number of hydrogen-bond donors (Lipinski definition) is 2. The Labute approximate surface area is 101 Å². The minimum Gasteiger partial charge on any atom is -0.492 e. The highest BCUT2D eigenvalue weighted by molar-refractivity contribution is 5.79. The highest BCUT2D eigenvalue weighted by atomic mass is 16.5. The summed E-state index contributed by atoms with van der Waals surface area (Å²) in [7, 11) is 0. The lowest BCUT2D eigenvalue weighted by molar-refractivity contribution is -0.126. The Morgan fingerprint density at radius 1 is 1.59 bits per heavy atom. The van der Waals surface area contributed by atoms with E-state index in [4.69, 9.17) is 9.84 Å². The van der Waals surface area contributed by atoms with E-state index in [1.807, 2.05) is 24.3 Å². The van der Waals surface area contributed by atoms with Crippen molar-refractivity contribution >= 4 is 5.91 Å². The molecular weight excluding hydrogens is 218 g/mol. The molecule has 1 unspecified atom stereocenters. The molecule has 0 aliphatic carbocycles. The van der Waals surface area contributed by atoms with Crippen LogP contribution < -0.4 is 10.1 Å². The van der Waals surface area contributed by atoms with Gasteiger partial charge in [0, 0.05) is 6.54 Å². The van der Waals surface area contributed by atoms with Crippen LogP contribution in [0.15, 0.2) is 24.3 Å². The van der Waals surface area contributed by atoms with Crippen molar-refractivity contribution in [2.75, 3.05) is 13.2 Å². The van der Waals surface area contributed by atoms with Crippen LogP contribution in [0, 0.1) is 5.92 Å². The molecule has 4 heteroatoms. The first-order valence-electron chi connectivity index (χ1n) is 5.83. The average molecular weight is 235 g/mol. The van der Waals surface area contributed by atoms with Crippen LogP contribution in [-0.4, -0.2) is 30.3 Å². The monoisotopic (exact) mass is 235 g/mol. The fourth-order valence-corrected chi connectivity index (χ4v) is 1.89. The molecule has 0 spiro atoms. The van der Waals surface area contributed by atoms with Gasteiger partial charge in [0.25, 0.3) is 0 Å². The van der Waals surface area contributed by atoms with Gasteiger partial charge in [0.2, 0.25) is 5.91 Å². The molecule has 1 aromatic carbocycles. The maximum absolute atomic E-state index is 11.8. The molecular formula is C13H17NO3. The molecule has 92 valence electrons. The Morgan fingerprint density at radius 2 is 2.35 bits per heavy atom. The third-order valence-electron chi connectivity index (χ3n) is 2.82. The molecule has 0 aromatic heterocycles. The van der Waals surface area contributed by atoms with Crippen molar-refractivity contribution in [1.29, 1.82) is 0 Å². The first-order valence-corrected chi connectivity index (χ1v) is 5.83. The van der Waals surface area contributed by atoms with Crippen LogP contribution in [0.3, 0.4) is 0 Å². The van der Waals surface area contributed by atoms with Gasteiger partial charge in [0.15, 0.2) is 0 Å². The normalized spacial score (nSPS) is 20.0. The molecule has 0 fully saturated rings. The van der Waals surface area contributed by atoms with Crippen molar-refractivity contribution in [2.24, 2.45) is 5.92 Å². The van der Waals surface area contributed by atoms with E-state index in [-0.39, 0.29) is 18.4 Å². The Balaban J connectivity index is 1.95. The zero-order valence-electron chi connectivity index (χ0n) is 9.85. The van der Waals surface area contributed by atoms with E-state index in [0.29, 0.717) is 13.0 Å². The van der Waals surface area contributed by atoms with Gasteiger partial charge in [0.1, 0.15) is 12.4 Å². The van der Waals surface area contributed by atoms with Gasteiger partial charge in [-0.2, -0.15) is 0 Å². The fraction of sp³-hybridized carbons (Fsp3) is 0.462. The zero-order chi connectivity index (χ0) is 12.3. The molecule has 0 bridgehead atoms. The Kier molecular flexibility index (Phi) is 3.64. The number of amides is 1. The number of aliphatic hydroxyl groups is 1. The third kappa shape index (κ3) is 2.97. The van der Waals surface area contributed by atoms with Gasteiger partial charge >= 0.3 is 0 Å².